The zero-order chi connectivity index (χ0) is 15.3. The predicted octanol–water partition coefficient (Wildman–Crippen LogP) is 2.27. The number of carbonyl (C=O) groups is 1. The minimum Gasteiger partial charge on any atom is -0.342 e. The van der Waals surface area contributed by atoms with E-state index in [1.54, 1.807) is 6.20 Å². The topological polar surface area (TPSA) is 75.0 Å². The molecule has 21 heavy (non-hydrogen) atoms. The van der Waals surface area contributed by atoms with Gasteiger partial charge >= 0.3 is 0 Å². The van der Waals surface area contributed by atoms with E-state index in [0.29, 0.717) is 18.9 Å². The van der Waals surface area contributed by atoms with Crippen LogP contribution in [0.3, 0.4) is 0 Å². The van der Waals surface area contributed by atoms with Crippen molar-refractivity contribution in [1.29, 1.82) is 0 Å². The van der Waals surface area contributed by atoms with Gasteiger partial charge < -0.3 is 10.6 Å². The Bertz CT molecular complexity index is 441. The minimum absolute atomic E-state index is 0.156. The lowest BCUT2D eigenvalue weighted by atomic mass is 9.84. The summed E-state index contributed by atoms with van der Waals surface area (Å²) in [5, 5.41) is 7.05. The van der Waals surface area contributed by atoms with E-state index < -0.39 is 0 Å². The molecule has 0 bridgehead atoms. The van der Waals surface area contributed by atoms with Crippen molar-refractivity contribution in [1.82, 2.24) is 15.1 Å². The smallest absolute Gasteiger partial charge is 0.222 e. The van der Waals surface area contributed by atoms with E-state index in [4.69, 9.17) is 5.73 Å². The van der Waals surface area contributed by atoms with Crippen LogP contribution in [0, 0.1) is 5.41 Å². The van der Waals surface area contributed by atoms with E-state index in [2.05, 4.69) is 24.0 Å². The zero-order valence-corrected chi connectivity index (χ0v) is 13.3. The van der Waals surface area contributed by atoms with Gasteiger partial charge in [-0.25, -0.2) is 0 Å². The van der Waals surface area contributed by atoms with E-state index in [0.717, 1.165) is 44.5 Å². The first kappa shape index (κ1) is 16.0. The van der Waals surface area contributed by atoms with Gasteiger partial charge in [0, 0.05) is 37.3 Å². The standard InChI is InChI=1S/C16H28N4O/c1-16(2,8-9-17)7-5-15(21)20-11-3-4-13(12-20)14-6-10-18-19-14/h6,10,13H,3-5,7-9,11-12,17H2,1-2H3,(H,18,19). The number of aromatic amines is 1. The lowest BCUT2D eigenvalue weighted by molar-refractivity contribution is -0.133. The molecule has 118 valence electrons. The molecule has 3 N–H and O–H groups in total. The van der Waals surface area contributed by atoms with E-state index >= 15 is 0 Å². The highest BCUT2D eigenvalue weighted by atomic mass is 16.2. The van der Waals surface area contributed by atoms with Crippen molar-refractivity contribution in [2.75, 3.05) is 19.6 Å². The Balaban J connectivity index is 1.85. The molecule has 0 saturated carbocycles. The molecule has 1 saturated heterocycles. The predicted molar refractivity (Wildman–Crippen MR) is 83.8 cm³/mol. The number of carbonyl (C=O) groups excluding carboxylic acids is 1. The molecule has 0 radical (unpaired) electrons. The molecular weight excluding hydrogens is 264 g/mol. The van der Waals surface area contributed by atoms with Crippen LogP contribution < -0.4 is 5.73 Å². The Kier molecular flexibility index (Phi) is 5.39. The van der Waals surface area contributed by atoms with E-state index in [1.165, 1.54) is 0 Å². The van der Waals surface area contributed by atoms with Gasteiger partial charge in [-0.2, -0.15) is 5.10 Å². The summed E-state index contributed by atoms with van der Waals surface area (Å²) in [5.74, 6) is 0.687. The summed E-state index contributed by atoms with van der Waals surface area (Å²) in [7, 11) is 0. The van der Waals surface area contributed by atoms with Crippen molar-refractivity contribution >= 4 is 5.91 Å². The van der Waals surface area contributed by atoms with Crippen molar-refractivity contribution < 1.29 is 4.79 Å². The number of nitrogens with two attached hydrogens (primary N) is 1. The molecular formula is C16H28N4O. The van der Waals surface area contributed by atoms with Gasteiger partial charge in [0.15, 0.2) is 0 Å². The number of likely N-dealkylation sites (tertiary alicyclic amines) is 1. The highest BCUT2D eigenvalue weighted by molar-refractivity contribution is 5.76. The van der Waals surface area contributed by atoms with Crippen LogP contribution in [0.4, 0.5) is 0 Å². The number of H-pyrrole nitrogens is 1. The van der Waals surface area contributed by atoms with Gasteiger partial charge in [-0.1, -0.05) is 13.8 Å². The maximum Gasteiger partial charge on any atom is 0.222 e. The highest BCUT2D eigenvalue weighted by Gasteiger charge is 2.26. The molecule has 0 spiro atoms. The van der Waals surface area contributed by atoms with Crippen molar-refractivity contribution in [3.05, 3.63) is 18.0 Å². The van der Waals surface area contributed by atoms with Gasteiger partial charge in [0.05, 0.1) is 0 Å². The van der Waals surface area contributed by atoms with Gasteiger partial charge in [-0.15, -0.1) is 0 Å². The molecule has 0 aromatic carbocycles. The average Bonchev–Trinajstić information content (AvgIpc) is 2.99. The van der Waals surface area contributed by atoms with Crippen molar-refractivity contribution in [2.24, 2.45) is 11.1 Å². The third kappa shape index (κ3) is 4.56. The number of nitrogens with one attached hydrogen (secondary N) is 1. The molecule has 2 rings (SSSR count). The molecule has 2 heterocycles. The van der Waals surface area contributed by atoms with E-state index in [-0.39, 0.29) is 11.3 Å². The largest absolute Gasteiger partial charge is 0.342 e. The molecule has 1 aromatic rings. The quantitative estimate of drug-likeness (QED) is 0.844. The van der Waals surface area contributed by atoms with Gasteiger partial charge in [0.25, 0.3) is 0 Å². The number of nitrogens with zero attached hydrogens (tertiary/aromatic N) is 2. The van der Waals surface area contributed by atoms with Gasteiger partial charge in [-0.05, 0) is 43.7 Å². The van der Waals surface area contributed by atoms with Crippen LogP contribution in [-0.4, -0.2) is 40.6 Å². The van der Waals surface area contributed by atoms with Crippen LogP contribution in [0.25, 0.3) is 0 Å². The highest BCUT2D eigenvalue weighted by Crippen LogP contribution is 2.29. The molecule has 1 aliphatic rings. The molecule has 5 nitrogen and oxygen atoms in total. The first-order valence-electron chi connectivity index (χ1n) is 7.99. The lowest BCUT2D eigenvalue weighted by Crippen LogP contribution is -2.39. The second-order valence-electron chi connectivity index (χ2n) is 6.89. The first-order chi connectivity index (χ1) is 10.0. The fourth-order valence-corrected chi connectivity index (χ4v) is 3.07. The van der Waals surface area contributed by atoms with Crippen LogP contribution in [0.1, 0.15) is 57.6 Å². The molecule has 0 aliphatic carbocycles. The lowest BCUT2D eigenvalue weighted by Gasteiger charge is -2.33. The summed E-state index contributed by atoms with van der Waals surface area (Å²) < 4.78 is 0. The monoisotopic (exact) mass is 292 g/mol. The zero-order valence-electron chi connectivity index (χ0n) is 13.3. The van der Waals surface area contributed by atoms with Gasteiger partial charge in [-0.3, -0.25) is 9.89 Å². The minimum atomic E-state index is 0.156. The average molecular weight is 292 g/mol. The van der Waals surface area contributed by atoms with Gasteiger partial charge in [0.2, 0.25) is 5.91 Å². The Morgan fingerprint density at radius 1 is 1.52 bits per heavy atom. The SMILES string of the molecule is CC(C)(CCN)CCC(=O)N1CCCC(c2ccn[nH]2)C1. The Labute approximate surface area is 127 Å². The van der Waals surface area contributed by atoms with Gasteiger partial charge in [0.1, 0.15) is 0 Å². The van der Waals surface area contributed by atoms with Crippen LogP contribution in [0.15, 0.2) is 12.3 Å². The second kappa shape index (κ2) is 7.07. The number of hydrogen-bond donors (Lipinski definition) is 2. The number of rotatable bonds is 6. The third-order valence-electron chi connectivity index (χ3n) is 4.57. The number of piperidine rings is 1. The van der Waals surface area contributed by atoms with Crippen molar-refractivity contribution in [2.45, 2.75) is 51.9 Å². The van der Waals surface area contributed by atoms with Crippen molar-refractivity contribution in [3.63, 3.8) is 0 Å². The number of aromatic nitrogens is 2. The van der Waals surface area contributed by atoms with Crippen LogP contribution >= 0.6 is 0 Å². The Morgan fingerprint density at radius 3 is 3.00 bits per heavy atom. The number of hydrogen-bond acceptors (Lipinski definition) is 3. The molecule has 1 unspecified atom stereocenters. The molecule has 1 atom stereocenters. The third-order valence-corrected chi connectivity index (χ3v) is 4.57. The van der Waals surface area contributed by atoms with Crippen LogP contribution in [0.2, 0.25) is 0 Å². The maximum absolute atomic E-state index is 12.4. The summed E-state index contributed by atoms with van der Waals surface area (Å²) >= 11 is 0. The van der Waals surface area contributed by atoms with Crippen LogP contribution in [0.5, 0.6) is 0 Å². The first-order valence-corrected chi connectivity index (χ1v) is 7.99. The fraction of sp³-hybridized carbons (Fsp3) is 0.750. The summed E-state index contributed by atoms with van der Waals surface area (Å²) in [6.07, 6.45) is 6.49. The summed E-state index contributed by atoms with van der Waals surface area (Å²) in [6.45, 7) is 6.78. The maximum atomic E-state index is 12.4. The Hall–Kier alpha value is -1.36. The fourth-order valence-electron chi connectivity index (χ4n) is 3.07. The van der Waals surface area contributed by atoms with Crippen molar-refractivity contribution in [3.8, 4) is 0 Å². The molecule has 5 heteroatoms. The second-order valence-corrected chi connectivity index (χ2v) is 6.89. The molecule has 1 fully saturated rings. The van der Waals surface area contributed by atoms with Crippen LogP contribution in [-0.2, 0) is 4.79 Å². The molecule has 1 aliphatic heterocycles. The summed E-state index contributed by atoms with van der Waals surface area (Å²) in [6, 6.07) is 2.02. The van der Waals surface area contributed by atoms with E-state index in [9.17, 15) is 4.79 Å². The number of amides is 1. The van der Waals surface area contributed by atoms with E-state index in [1.807, 2.05) is 11.0 Å². The molecule has 1 amide bonds. The Morgan fingerprint density at radius 2 is 2.33 bits per heavy atom. The normalized spacial score (nSPS) is 19.8. The summed E-state index contributed by atoms with van der Waals surface area (Å²) in [4.78, 5) is 14.5. The summed E-state index contributed by atoms with van der Waals surface area (Å²) in [5.41, 5.74) is 6.94. The molecule has 1 aromatic heterocycles.